The summed E-state index contributed by atoms with van der Waals surface area (Å²) >= 11 is 3.31. The van der Waals surface area contributed by atoms with Gasteiger partial charge in [0.25, 0.3) is 0 Å². The smallest absolute Gasteiger partial charge is 0.243 e. The third-order valence-corrected chi connectivity index (χ3v) is 6.14. The maximum atomic E-state index is 12.7. The van der Waals surface area contributed by atoms with E-state index in [2.05, 4.69) is 26.1 Å². The van der Waals surface area contributed by atoms with Gasteiger partial charge in [-0.15, -0.1) is 0 Å². The van der Waals surface area contributed by atoms with Crippen molar-refractivity contribution in [3.8, 4) is 0 Å². The number of aryl methyl sites for hydroxylation is 1. The van der Waals surface area contributed by atoms with Crippen molar-refractivity contribution >= 4 is 26.0 Å². The SMILES string of the molecule is Cc1noc(C2CCCN(S(=O)(=O)c3ccc(Br)cc3)C2)n1. The molecule has 3 rings (SSSR count). The van der Waals surface area contributed by atoms with Gasteiger partial charge in [0.05, 0.1) is 10.8 Å². The van der Waals surface area contributed by atoms with Crippen LogP contribution >= 0.6 is 15.9 Å². The number of nitrogens with zero attached hydrogens (tertiary/aromatic N) is 3. The van der Waals surface area contributed by atoms with E-state index in [1.807, 2.05) is 0 Å². The molecule has 8 heteroatoms. The Morgan fingerprint density at radius 2 is 2.05 bits per heavy atom. The van der Waals surface area contributed by atoms with E-state index < -0.39 is 10.0 Å². The molecule has 1 aliphatic heterocycles. The Labute approximate surface area is 137 Å². The molecule has 118 valence electrons. The largest absolute Gasteiger partial charge is 0.339 e. The van der Waals surface area contributed by atoms with Gasteiger partial charge in [0.15, 0.2) is 5.82 Å². The Morgan fingerprint density at radius 1 is 1.32 bits per heavy atom. The van der Waals surface area contributed by atoms with Gasteiger partial charge in [-0.2, -0.15) is 9.29 Å². The first-order valence-electron chi connectivity index (χ1n) is 7.03. The molecule has 2 heterocycles. The van der Waals surface area contributed by atoms with Gasteiger partial charge in [-0.3, -0.25) is 0 Å². The molecule has 2 aromatic rings. The maximum Gasteiger partial charge on any atom is 0.243 e. The zero-order valence-corrected chi connectivity index (χ0v) is 14.5. The fraction of sp³-hybridized carbons (Fsp3) is 0.429. The van der Waals surface area contributed by atoms with Crippen molar-refractivity contribution in [3.63, 3.8) is 0 Å². The van der Waals surface area contributed by atoms with E-state index in [9.17, 15) is 8.42 Å². The molecule has 1 aromatic heterocycles. The van der Waals surface area contributed by atoms with Gasteiger partial charge >= 0.3 is 0 Å². The average molecular weight is 386 g/mol. The molecule has 1 aliphatic rings. The van der Waals surface area contributed by atoms with Crippen LogP contribution in [-0.4, -0.2) is 36.0 Å². The number of hydrogen-bond donors (Lipinski definition) is 0. The highest BCUT2D eigenvalue weighted by Crippen LogP contribution is 2.29. The van der Waals surface area contributed by atoms with Crippen molar-refractivity contribution in [1.29, 1.82) is 0 Å². The predicted molar refractivity (Wildman–Crippen MR) is 83.9 cm³/mol. The van der Waals surface area contributed by atoms with E-state index in [4.69, 9.17) is 4.52 Å². The quantitative estimate of drug-likeness (QED) is 0.811. The monoisotopic (exact) mass is 385 g/mol. The molecule has 0 saturated carbocycles. The van der Waals surface area contributed by atoms with Crippen molar-refractivity contribution in [2.75, 3.05) is 13.1 Å². The van der Waals surface area contributed by atoms with E-state index >= 15 is 0 Å². The van der Waals surface area contributed by atoms with Crippen molar-refractivity contribution in [2.24, 2.45) is 0 Å². The maximum absolute atomic E-state index is 12.7. The van der Waals surface area contributed by atoms with Gasteiger partial charge < -0.3 is 4.52 Å². The third-order valence-electron chi connectivity index (χ3n) is 3.73. The number of rotatable bonds is 3. The van der Waals surface area contributed by atoms with E-state index in [0.29, 0.717) is 29.7 Å². The number of aromatic nitrogens is 2. The molecule has 1 fully saturated rings. The number of sulfonamides is 1. The summed E-state index contributed by atoms with van der Waals surface area (Å²) in [6, 6.07) is 6.69. The van der Waals surface area contributed by atoms with Crippen LogP contribution in [0.2, 0.25) is 0 Å². The Bertz CT molecular complexity index is 758. The molecule has 0 aliphatic carbocycles. The van der Waals surface area contributed by atoms with Gasteiger partial charge in [0.2, 0.25) is 15.9 Å². The highest BCUT2D eigenvalue weighted by molar-refractivity contribution is 9.10. The average Bonchev–Trinajstić information content (AvgIpc) is 2.94. The van der Waals surface area contributed by atoms with E-state index in [-0.39, 0.29) is 5.92 Å². The predicted octanol–water partition coefficient (Wildman–Crippen LogP) is 2.71. The Hall–Kier alpha value is -1.25. The second kappa shape index (κ2) is 6.10. The van der Waals surface area contributed by atoms with E-state index in [1.54, 1.807) is 31.2 Å². The minimum Gasteiger partial charge on any atom is -0.339 e. The molecule has 0 bridgehead atoms. The van der Waals surface area contributed by atoms with Crippen LogP contribution < -0.4 is 0 Å². The molecule has 1 aromatic carbocycles. The summed E-state index contributed by atoms with van der Waals surface area (Å²) < 4.78 is 33.0. The van der Waals surface area contributed by atoms with Crippen molar-refractivity contribution < 1.29 is 12.9 Å². The molecule has 22 heavy (non-hydrogen) atoms. The van der Waals surface area contributed by atoms with Gasteiger partial charge in [0, 0.05) is 17.6 Å². The number of halogens is 1. The van der Waals surface area contributed by atoms with Crippen LogP contribution in [-0.2, 0) is 10.0 Å². The number of piperidine rings is 1. The van der Waals surface area contributed by atoms with Crippen LogP contribution in [0.5, 0.6) is 0 Å². The summed E-state index contributed by atoms with van der Waals surface area (Å²) in [7, 11) is -3.49. The Kier molecular flexibility index (Phi) is 4.33. The lowest BCUT2D eigenvalue weighted by atomic mass is 10.00. The van der Waals surface area contributed by atoms with Gasteiger partial charge in [-0.25, -0.2) is 8.42 Å². The van der Waals surface area contributed by atoms with Crippen LogP contribution in [0.25, 0.3) is 0 Å². The first kappa shape index (κ1) is 15.6. The molecule has 0 N–H and O–H groups in total. The fourth-order valence-electron chi connectivity index (χ4n) is 2.60. The summed E-state index contributed by atoms with van der Waals surface area (Å²) in [6.45, 7) is 2.65. The van der Waals surface area contributed by atoms with Crippen LogP contribution in [0.3, 0.4) is 0 Å². The normalized spacial score (nSPS) is 20.2. The molecular weight excluding hydrogens is 370 g/mol. The lowest BCUT2D eigenvalue weighted by Gasteiger charge is -2.30. The second-order valence-electron chi connectivity index (χ2n) is 5.34. The Balaban J connectivity index is 1.83. The molecule has 0 spiro atoms. The second-order valence-corrected chi connectivity index (χ2v) is 8.19. The molecule has 1 saturated heterocycles. The van der Waals surface area contributed by atoms with Gasteiger partial charge in [-0.1, -0.05) is 21.1 Å². The van der Waals surface area contributed by atoms with Crippen molar-refractivity contribution in [2.45, 2.75) is 30.6 Å². The van der Waals surface area contributed by atoms with Gasteiger partial charge in [0.1, 0.15) is 0 Å². The molecule has 1 atom stereocenters. The lowest BCUT2D eigenvalue weighted by Crippen LogP contribution is -2.39. The number of benzene rings is 1. The highest BCUT2D eigenvalue weighted by atomic mass is 79.9. The summed E-state index contributed by atoms with van der Waals surface area (Å²) in [5, 5.41) is 3.79. The van der Waals surface area contributed by atoms with Crippen LogP contribution in [0.15, 0.2) is 38.2 Å². The lowest BCUT2D eigenvalue weighted by molar-refractivity contribution is 0.265. The summed E-state index contributed by atoms with van der Waals surface area (Å²) in [5.74, 6) is 1.05. The highest BCUT2D eigenvalue weighted by Gasteiger charge is 2.33. The zero-order valence-electron chi connectivity index (χ0n) is 12.1. The first-order valence-corrected chi connectivity index (χ1v) is 9.26. The summed E-state index contributed by atoms with van der Waals surface area (Å²) in [5.41, 5.74) is 0. The standard InChI is InChI=1S/C14H16BrN3O3S/c1-10-16-14(21-17-10)11-3-2-8-18(9-11)22(19,20)13-6-4-12(15)5-7-13/h4-7,11H,2-3,8-9H2,1H3. The van der Waals surface area contributed by atoms with Crippen LogP contribution in [0.1, 0.15) is 30.5 Å². The van der Waals surface area contributed by atoms with Crippen LogP contribution in [0.4, 0.5) is 0 Å². The molecule has 1 unspecified atom stereocenters. The topological polar surface area (TPSA) is 76.3 Å². The van der Waals surface area contributed by atoms with Crippen molar-refractivity contribution in [3.05, 3.63) is 40.5 Å². The Morgan fingerprint density at radius 3 is 2.68 bits per heavy atom. The molecular formula is C14H16BrN3O3S. The van der Waals surface area contributed by atoms with E-state index in [0.717, 1.165) is 17.3 Å². The first-order chi connectivity index (χ1) is 10.5. The zero-order chi connectivity index (χ0) is 15.7. The van der Waals surface area contributed by atoms with Gasteiger partial charge in [-0.05, 0) is 44.0 Å². The summed E-state index contributed by atoms with van der Waals surface area (Å²) in [4.78, 5) is 4.53. The van der Waals surface area contributed by atoms with Crippen molar-refractivity contribution in [1.82, 2.24) is 14.4 Å². The van der Waals surface area contributed by atoms with Crippen LogP contribution in [0, 0.1) is 6.92 Å². The number of hydrogen-bond acceptors (Lipinski definition) is 5. The fourth-order valence-corrected chi connectivity index (χ4v) is 4.39. The minimum atomic E-state index is -3.49. The molecule has 0 amide bonds. The third kappa shape index (κ3) is 3.09. The van der Waals surface area contributed by atoms with E-state index in [1.165, 1.54) is 4.31 Å². The molecule has 6 nitrogen and oxygen atoms in total. The molecule has 0 radical (unpaired) electrons. The summed E-state index contributed by atoms with van der Waals surface area (Å²) in [6.07, 6.45) is 1.63. The minimum absolute atomic E-state index is 0.0415.